The van der Waals surface area contributed by atoms with E-state index in [1.54, 1.807) is 0 Å². The standard InChI is InChI=1S/C17H25N3/c1-4-18-13-16(12-17-9-10-20(3)19-17)11-15-7-5-14(2)6-8-15/h5-10,16,18H,4,11-13H2,1-3H3. The third-order valence-corrected chi connectivity index (χ3v) is 3.59. The maximum absolute atomic E-state index is 4.50. The van der Waals surface area contributed by atoms with Gasteiger partial charge in [-0.15, -0.1) is 0 Å². The Morgan fingerprint density at radius 1 is 1.15 bits per heavy atom. The van der Waals surface area contributed by atoms with E-state index in [0.29, 0.717) is 5.92 Å². The molecular weight excluding hydrogens is 246 g/mol. The van der Waals surface area contributed by atoms with Gasteiger partial charge in [-0.3, -0.25) is 4.68 Å². The summed E-state index contributed by atoms with van der Waals surface area (Å²) in [5.74, 6) is 0.590. The second-order valence-corrected chi connectivity index (χ2v) is 5.55. The minimum atomic E-state index is 0.590. The first kappa shape index (κ1) is 14.8. The number of hydrogen-bond donors (Lipinski definition) is 1. The summed E-state index contributed by atoms with van der Waals surface area (Å²) in [5.41, 5.74) is 3.92. The Morgan fingerprint density at radius 3 is 2.50 bits per heavy atom. The molecule has 0 saturated heterocycles. The van der Waals surface area contributed by atoms with Gasteiger partial charge in [0.05, 0.1) is 5.69 Å². The van der Waals surface area contributed by atoms with E-state index in [1.807, 2.05) is 17.9 Å². The van der Waals surface area contributed by atoms with Crippen LogP contribution in [-0.4, -0.2) is 22.9 Å². The fourth-order valence-electron chi connectivity index (χ4n) is 2.49. The molecule has 2 aromatic rings. The van der Waals surface area contributed by atoms with Crippen molar-refractivity contribution in [1.29, 1.82) is 0 Å². The molecule has 20 heavy (non-hydrogen) atoms. The quantitative estimate of drug-likeness (QED) is 0.839. The molecular formula is C17H25N3. The molecule has 0 radical (unpaired) electrons. The highest BCUT2D eigenvalue weighted by Crippen LogP contribution is 2.14. The number of benzene rings is 1. The zero-order valence-electron chi connectivity index (χ0n) is 12.8. The molecule has 2 rings (SSSR count). The van der Waals surface area contributed by atoms with Crippen molar-refractivity contribution < 1.29 is 0 Å². The van der Waals surface area contributed by atoms with Gasteiger partial charge in [0.15, 0.2) is 0 Å². The van der Waals surface area contributed by atoms with Gasteiger partial charge in [-0.2, -0.15) is 5.10 Å². The lowest BCUT2D eigenvalue weighted by molar-refractivity contribution is 0.471. The monoisotopic (exact) mass is 271 g/mol. The van der Waals surface area contributed by atoms with E-state index in [2.05, 4.69) is 54.6 Å². The first-order chi connectivity index (χ1) is 9.67. The number of aryl methyl sites for hydroxylation is 2. The van der Waals surface area contributed by atoms with Crippen LogP contribution in [0.4, 0.5) is 0 Å². The molecule has 3 nitrogen and oxygen atoms in total. The van der Waals surface area contributed by atoms with Crippen LogP contribution >= 0.6 is 0 Å². The Hall–Kier alpha value is -1.61. The first-order valence-electron chi connectivity index (χ1n) is 7.42. The molecule has 1 atom stereocenters. The van der Waals surface area contributed by atoms with Crippen molar-refractivity contribution in [2.45, 2.75) is 26.7 Å². The van der Waals surface area contributed by atoms with Gasteiger partial charge in [-0.05, 0) is 50.4 Å². The number of nitrogens with one attached hydrogen (secondary N) is 1. The van der Waals surface area contributed by atoms with E-state index < -0.39 is 0 Å². The molecule has 1 N–H and O–H groups in total. The average molecular weight is 271 g/mol. The van der Waals surface area contributed by atoms with Crippen LogP contribution in [0, 0.1) is 12.8 Å². The van der Waals surface area contributed by atoms with Crippen molar-refractivity contribution in [3.63, 3.8) is 0 Å². The molecule has 1 unspecified atom stereocenters. The number of hydrogen-bond acceptors (Lipinski definition) is 2. The topological polar surface area (TPSA) is 29.9 Å². The van der Waals surface area contributed by atoms with E-state index in [1.165, 1.54) is 16.8 Å². The summed E-state index contributed by atoms with van der Waals surface area (Å²) in [6.07, 6.45) is 4.15. The summed E-state index contributed by atoms with van der Waals surface area (Å²) in [7, 11) is 1.97. The van der Waals surface area contributed by atoms with Crippen LogP contribution in [0.15, 0.2) is 36.5 Å². The van der Waals surface area contributed by atoms with Crippen LogP contribution < -0.4 is 5.32 Å². The van der Waals surface area contributed by atoms with Crippen molar-refractivity contribution in [3.8, 4) is 0 Å². The number of nitrogens with zero attached hydrogens (tertiary/aromatic N) is 2. The van der Waals surface area contributed by atoms with Crippen LogP contribution in [0.3, 0.4) is 0 Å². The number of rotatable bonds is 7. The second kappa shape index (κ2) is 7.25. The third kappa shape index (κ3) is 4.49. The van der Waals surface area contributed by atoms with E-state index in [4.69, 9.17) is 0 Å². The van der Waals surface area contributed by atoms with E-state index >= 15 is 0 Å². The molecule has 0 aliphatic heterocycles. The highest BCUT2D eigenvalue weighted by molar-refractivity contribution is 5.22. The summed E-state index contributed by atoms with van der Waals surface area (Å²) in [6, 6.07) is 11.0. The Kier molecular flexibility index (Phi) is 5.36. The number of aromatic nitrogens is 2. The molecule has 0 spiro atoms. The van der Waals surface area contributed by atoms with Crippen molar-refractivity contribution in [1.82, 2.24) is 15.1 Å². The minimum Gasteiger partial charge on any atom is -0.317 e. The molecule has 108 valence electrons. The molecule has 0 fully saturated rings. The molecule has 3 heteroatoms. The van der Waals surface area contributed by atoms with Crippen LogP contribution in [0.5, 0.6) is 0 Å². The Balaban J connectivity index is 2.00. The van der Waals surface area contributed by atoms with Gasteiger partial charge in [0.1, 0.15) is 0 Å². The molecule has 1 aromatic heterocycles. The molecule has 0 aliphatic carbocycles. The minimum absolute atomic E-state index is 0.590. The molecule has 1 heterocycles. The van der Waals surface area contributed by atoms with Gasteiger partial charge >= 0.3 is 0 Å². The highest BCUT2D eigenvalue weighted by atomic mass is 15.2. The first-order valence-corrected chi connectivity index (χ1v) is 7.42. The van der Waals surface area contributed by atoms with Gasteiger partial charge in [0.2, 0.25) is 0 Å². The zero-order valence-corrected chi connectivity index (χ0v) is 12.8. The molecule has 0 saturated carbocycles. The molecule has 0 amide bonds. The van der Waals surface area contributed by atoms with Gasteiger partial charge in [0, 0.05) is 13.2 Å². The molecule has 0 aliphatic rings. The fraction of sp³-hybridized carbons (Fsp3) is 0.471. The Labute approximate surface area is 122 Å². The van der Waals surface area contributed by atoms with Crippen molar-refractivity contribution in [2.75, 3.05) is 13.1 Å². The lowest BCUT2D eigenvalue weighted by atomic mass is 9.94. The largest absolute Gasteiger partial charge is 0.317 e. The predicted octanol–water partition coefficient (Wildman–Crippen LogP) is 2.74. The van der Waals surface area contributed by atoms with Crippen LogP contribution in [0.2, 0.25) is 0 Å². The van der Waals surface area contributed by atoms with Gasteiger partial charge in [-0.1, -0.05) is 36.8 Å². The second-order valence-electron chi connectivity index (χ2n) is 5.55. The van der Waals surface area contributed by atoms with Crippen LogP contribution in [-0.2, 0) is 19.9 Å². The molecule has 1 aromatic carbocycles. The highest BCUT2D eigenvalue weighted by Gasteiger charge is 2.12. The average Bonchev–Trinajstić information content (AvgIpc) is 2.84. The molecule has 0 bridgehead atoms. The van der Waals surface area contributed by atoms with Crippen LogP contribution in [0.1, 0.15) is 23.7 Å². The zero-order chi connectivity index (χ0) is 14.4. The summed E-state index contributed by atoms with van der Waals surface area (Å²) in [4.78, 5) is 0. The van der Waals surface area contributed by atoms with Gasteiger partial charge in [0.25, 0.3) is 0 Å². The maximum Gasteiger partial charge on any atom is 0.0627 e. The van der Waals surface area contributed by atoms with Crippen LogP contribution in [0.25, 0.3) is 0 Å². The Morgan fingerprint density at radius 2 is 1.90 bits per heavy atom. The summed E-state index contributed by atoms with van der Waals surface area (Å²) < 4.78 is 1.88. The lowest BCUT2D eigenvalue weighted by Gasteiger charge is -2.16. The Bertz CT molecular complexity index is 513. The lowest BCUT2D eigenvalue weighted by Crippen LogP contribution is -2.25. The maximum atomic E-state index is 4.50. The fourth-order valence-corrected chi connectivity index (χ4v) is 2.49. The van der Waals surface area contributed by atoms with E-state index in [0.717, 1.165) is 25.9 Å². The normalized spacial score (nSPS) is 12.6. The van der Waals surface area contributed by atoms with Gasteiger partial charge in [-0.25, -0.2) is 0 Å². The SMILES string of the molecule is CCNCC(Cc1ccc(C)cc1)Cc1ccn(C)n1. The van der Waals surface area contributed by atoms with Crippen molar-refractivity contribution >= 4 is 0 Å². The van der Waals surface area contributed by atoms with E-state index in [9.17, 15) is 0 Å². The van der Waals surface area contributed by atoms with E-state index in [-0.39, 0.29) is 0 Å². The van der Waals surface area contributed by atoms with Crippen molar-refractivity contribution in [2.24, 2.45) is 13.0 Å². The predicted molar refractivity (Wildman–Crippen MR) is 83.8 cm³/mol. The van der Waals surface area contributed by atoms with Crippen molar-refractivity contribution in [3.05, 3.63) is 53.3 Å². The smallest absolute Gasteiger partial charge is 0.0627 e. The summed E-state index contributed by atoms with van der Waals surface area (Å²) in [5, 5.41) is 7.98. The van der Waals surface area contributed by atoms with Gasteiger partial charge < -0.3 is 5.32 Å². The third-order valence-electron chi connectivity index (χ3n) is 3.59. The summed E-state index contributed by atoms with van der Waals surface area (Å²) in [6.45, 7) is 6.35. The summed E-state index contributed by atoms with van der Waals surface area (Å²) >= 11 is 0.